The van der Waals surface area contributed by atoms with Gasteiger partial charge in [0.25, 0.3) is 0 Å². The van der Waals surface area contributed by atoms with Gasteiger partial charge in [-0.05, 0) is 45.4 Å². The van der Waals surface area contributed by atoms with E-state index in [4.69, 9.17) is 15.2 Å². The zero-order valence-corrected chi connectivity index (χ0v) is 18.8. The maximum absolute atomic E-state index is 12.5. The molecule has 2 aromatic heterocycles. The number of piperazine rings is 1. The Morgan fingerprint density at radius 2 is 1.97 bits per heavy atom. The molecule has 2 N–H and O–H groups in total. The van der Waals surface area contributed by atoms with Crippen LogP contribution in [0, 0.1) is 0 Å². The van der Waals surface area contributed by atoms with Crippen molar-refractivity contribution in [2.24, 2.45) is 0 Å². The number of methoxy groups -OCH3 is 1. The third-order valence-electron chi connectivity index (χ3n) is 6.05. The minimum atomic E-state index is -0.494. The van der Waals surface area contributed by atoms with Crippen molar-refractivity contribution in [3.63, 3.8) is 0 Å². The molecule has 0 unspecified atom stereocenters. The summed E-state index contributed by atoms with van der Waals surface area (Å²) < 4.78 is 12.8. The summed E-state index contributed by atoms with van der Waals surface area (Å²) in [5.74, 6) is 2.07. The minimum Gasteiger partial charge on any atom is -0.497 e. The number of fused-ring (bicyclic) bond motifs is 3. The molecule has 1 aromatic carbocycles. The van der Waals surface area contributed by atoms with Crippen molar-refractivity contribution in [3.8, 4) is 11.4 Å². The Morgan fingerprint density at radius 3 is 2.66 bits per heavy atom. The number of nitrogen functional groups attached to an aromatic ring is 1. The molecule has 3 aromatic rings. The first-order valence-corrected chi connectivity index (χ1v) is 10.8. The van der Waals surface area contributed by atoms with Crippen molar-refractivity contribution in [3.05, 3.63) is 36.5 Å². The molecule has 2 aliphatic rings. The maximum Gasteiger partial charge on any atom is 0.410 e. The van der Waals surface area contributed by atoms with Crippen LogP contribution in [0.1, 0.15) is 27.2 Å². The highest BCUT2D eigenvalue weighted by molar-refractivity contribution is 5.91. The van der Waals surface area contributed by atoms with E-state index >= 15 is 0 Å². The molecule has 0 aliphatic carbocycles. The lowest BCUT2D eigenvalue weighted by Gasteiger charge is -2.35. The molecular weight excluding hydrogens is 408 g/mol. The molecule has 2 bridgehead atoms. The molecule has 32 heavy (non-hydrogen) atoms. The van der Waals surface area contributed by atoms with Gasteiger partial charge in [-0.3, -0.25) is 0 Å². The van der Waals surface area contributed by atoms with Crippen LogP contribution >= 0.6 is 0 Å². The second kappa shape index (κ2) is 7.29. The fraction of sp³-hybridized carbons (Fsp3) is 0.435. The topological polar surface area (TPSA) is 98.7 Å². The Labute approximate surface area is 186 Å². The van der Waals surface area contributed by atoms with Crippen LogP contribution in [0.4, 0.5) is 16.4 Å². The molecule has 9 heteroatoms. The number of pyridine rings is 1. The van der Waals surface area contributed by atoms with Crippen LogP contribution in [0.2, 0.25) is 0 Å². The van der Waals surface area contributed by atoms with Crippen LogP contribution in [0.3, 0.4) is 0 Å². The first kappa shape index (κ1) is 20.4. The summed E-state index contributed by atoms with van der Waals surface area (Å²) in [6.45, 7) is 7.04. The number of amides is 1. The van der Waals surface area contributed by atoms with E-state index in [-0.39, 0.29) is 18.2 Å². The number of nitrogens with two attached hydrogens (primary N) is 1. The number of hydrogen-bond donors (Lipinski definition) is 1. The van der Waals surface area contributed by atoms with E-state index in [1.807, 2.05) is 60.7 Å². The van der Waals surface area contributed by atoms with Gasteiger partial charge in [-0.15, -0.1) is 5.10 Å². The van der Waals surface area contributed by atoms with E-state index in [1.165, 1.54) is 0 Å². The molecule has 9 nitrogen and oxygen atoms in total. The van der Waals surface area contributed by atoms with Crippen molar-refractivity contribution in [2.45, 2.75) is 44.9 Å². The number of rotatable bonds is 3. The Kier molecular flexibility index (Phi) is 4.65. The van der Waals surface area contributed by atoms with Crippen LogP contribution in [-0.2, 0) is 4.74 Å². The second-order valence-electron chi connectivity index (χ2n) is 9.38. The monoisotopic (exact) mass is 436 g/mol. The largest absolute Gasteiger partial charge is 0.497 e. The van der Waals surface area contributed by atoms with E-state index in [2.05, 4.69) is 15.0 Å². The minimum absolute atomic E-state index is 0.130. The number of hydrogen-bond acceptors (Lipinski definition) is 7. The Hall–Kier alpha value is -3.49. The number of carbonyl (C=O) groups excluding carboxylic acids is 1. The Bertz CT molecular complexity index is 1180. The van der Waals surface area contributed by atoms with Crippen molar-refractivity contribution in [1.29, 1.82) is 0 Å². The summed E-state index contributed by atoms with van der Waals surface area (Å²) in [5.41, 5.74) is 7.41. The van der Waals surface area contributed by atoms with Gasteiger partial charge in [0.2, 0.25) is 0 Å². The van der Waals surface area contributed by atoms with Crippen LogP contribution in [0.15, 0.2) is 36.5 Å². The van der Waals surface area contributed by atoms with Gasteiger partial charge in [-0.25, -0.2) is 14.5 Å². The molecule has 0 spiro atoms. The maximum atomic E-state index is 12.5. The number of anilines is 2. The first-order valence-electron chi connectivity index (χ1n) is 10.8. The summed E-state index contributed by atoms with van der Waals surface area (Å²) in [5, 5.41) is 5.42. The van der Waals surface area contributed by atoms with Crippen molar-refractivity contribution < 1.29 is 14.3 Å². The summed E-state index contributed by atoms with van der Waals surface area (Å²) in [7, 11) is 1.64. The van der Waals surface area contributed by atoms with E-state index in [0.29, 0.717) is 12.4 Å². The summed E-state index contributed by atoms with van der Waals surface area (Å²) in [4.78, 5) is 21.3. The number of carbonyl (C=O) groups is 1. The molecule has 2 fully saturated rings. The summed E-state index contributed by atoms with van der Waals surface area (Å²) in [6.07, 6.45) is 2.46. The molecule has 1 amide bonds. The van der Waals surface area contributed by atoms with Gasteiger partial charge in [0.05, 0.1) is 30.4 Å². The molecule has 0 radical (unpaired) electrons. The van der Waals surface area contributed by atoms with Gasteiger partial charge in [-0.2, -0.15) is 0 Å². The molecule has 2 atom stereocenters. The lowest BCUT2D eigenvalue weighted by molar-refractivity contribution is 0.0214. The van der Waals surface area contributed by atoms with Crippen LogP contribution in [-0.4, -0.2) is 63.6 Å². The van der Waals surface area contributed by atoms with Gasteiger partial charge in [0, 0.05) is 36.8 Å². The van der Waals surface area contributed by atoms with Gasteiger partial charge in [-0.1, -0.05) is 0 Å². The quantitative estimate of drug-likeness (QED) is 0.673. The highest BCUT2D eigenvalue weighted by atomic mass is 16.6. The molecule has 2 saturated heterocycles. The van der Waals surface area contributed by atoms with E-state index in [9.17, 15) is 4.79 Å². The standard InChI is InChI=1S/C23H28N6O3/c1-23(2,3)32-22(30)28-13-15-9-16(28)12-27(15)20-10-14(7-8-25-20)29-19-11-17(31-4)5-6-18(19)21(24)26-29/h5-8,10-11,15-16H,9,12-13H2,1-4H3,(H2,24,26)/t15-,16-/m0/s1. The lowest BCUT2D eigenvalue weighted by atomic mass is 10.2. The third-order valence-corrected chi connectivity index (χ3v) is 6.05. The van der Waals surface area contributed by atoms with Gasteiger partial charge in [0.1, 0.15) is 17.2 Å². The number of nitrogens with zero attached hydrogens (tertiary/aromatic N) is 5. The number of benzene rings is 1. The Balaban J connectivity index is 1.40. The number of ether oxygens (including phenoxy) is 2. The van der Waals surface area contributed by atoms with Crippen LogP contribution < -0.4 is 15.4 Å². The summed E-state index contributed by atoms with van der Waals surface area (Å²) >= 11 is 0. The van der Waals surface area contributed by atoms with E-state index in [1.54, 1.807) is 13.3 Å². The van der Waals surface area contributed by atoms with E-state index in [0.717, 1.165) is 41.1 Å². The highest BCUT2D eigenvalue weighted by Gasteiger charge is 2.47. The predicted molar refractivity (Wildman–Crippen MR) is 122 cm³/mol. The number of aromatic nitrogens is 3. The van der Waals surface area contributed by atoms with Crippen molar-refractivity contribution in [1.82, 2.24) is 19.7 Å². The molecule has 168 valence electrons. The highest BCUT2D eigenvalue weighted by Crippen LogP contribution is 2.35. The van der Waals surface area contributed by atoms with Gasteiger partial charge in [0.15, 0.2) is 5.82 Å². The summed E-state index contributed by atoms with van der Waals surface area (Å²) in [6, 6.07) is 10.00. The smallest absolute Gasteiger partial charge is 0.410 e. The average Bonchev–Trinajstić information content (AvgIpc) is 3.45. The zero-order valence-electron chi connectivity index (χ0n) is 18.8. The fourth-order valence-electron chi connectivity index (χ4n) is 4.63. The van der Waals surface area contributed by atoms with Crippen LogP contribution in [0.25, 0.3) is 16.6 Å². The molecular formula is C23H28N6O3. The van der Waals surface area contributed by atoms with Crippen molar-refractivity contribution >= 4 is 28.6 Å². The van der Waals surface area contributed by atoms with Crippen LogP contribution in [0.5, 0.6) is 5.75 Å². The van der Waals surface area contributed by atoms with E-state index < -0.39 is 5.60 Å². The van der Waals surface area contributed by atoms with Gasteiger partial charge >= 0.3 is 6.09 Å². The lowest BCUT2D eigenvalue weighted by Crippen LogP contribution is -2.50. The average molecular weight is 437 g/mol. The second-order valence-corrected chi connectivity index (χ2v) is 9.38. The zero-order chi connectivity index (χ0) is 22.6. The Morgan fingerprint density at radius 1 is 1.16 bits per heavy atom. The SMILES string of the molecule is COc1ccc2c(N)nn(-c3ccnc(N4C[C@@H]5C[C@H]4CN5C(=O)OC(C)(C)C)c3)c2c1. The molecule has 0 saturated carbocycles. The third kappa shape index (κ3) is 3.47. The van der Waals surface area contributed by atoms with Gasteiger partial charge < -0.3 is 25.0 Å². The predicted octanol–water partition coefficient (Wildman–Crippen LogP) is 3.21. The fourth-order valence-corrected chi connectivity index (χ4v) is 4.63. The first-order chi connectivity index (χ1) is 15.2. The normalized spacial score (nSPS) is 20.2. The molecule has 4 heterocycles. The van der Waals surface area contributed by atoms with Crippen molar-refractivity contribution in [2.75, 3.05) is 30.8 Å². The molecule has 5 rings (SSSR count). The molecule has 2 aliphatic heterocycles. The number of likely N-dealkylation sites (tertiary alicyclic amines) is 1.